The number of aliphatic hydroxyl groups excluding tert-OH is 1. The summed E-state index contributed by atoms with van der Waals surface area (Å²) in [5, 5.41) is 20.3. The van der Waals surface area contributed by atoms with Crippen LogP contribution in [0.1, 0.15) is 19.3 Å². The third kappa shape index (κ3) is 4.25. The fourth-order valence-corrected chi connectivity index (χ4v) is 6.44. The number of rotatable bonds is 8. The predicted molar refractivity (Wildman–Crippen MR) is 90.3 cm³/mol. The summed E-state index contributed by atoms with van der Waals surface area (Å²) in [5.74, 6) is -2.49. The van der Waals surface area contributed by atoms with E-state index in [0.717, 1.165) is 31.4 Å². The summed E-state index contributed by atoms with van der Waals surface area (Å²) in [4.78, 5) is 24.0. The van der Waals surface area contributed by atoms with Crippen LogP contribution in [-0.2, 0) is 14.3 Å². The first-order chi connectivity index (χ1) is 10.8. The monoisotopic (exact) mass is 335 g/mol. The molecule has 0 amide bonds. The second-order valence-electron chi connectivity index (χ2n) is 6.46. The molecule has 1 N–H and O–H groups in total. The van der Waals surface area contributed by atoms with Crippen LogP contribution >= 0.6 is 0 Å². The summed E-state index contributed by atoms with van der Waals surface area (Å²) >= 11 is 0. The van der Waals surface area contributed by atoms with E-state index in [9.17, 15) is 20.0 Å². The first kappa shape index (κ1) is 19.5. The van der Waals surface area contributed by atoms with Crippen LogP contribution in [0.5, 0.6) is 0 Å². The van der Waals surface area contributed by atoms with Gasteiger partial charge >= 0.3 is 0 Å². The molecule has 0 aliphatic carbocycles. The molecule has 1 aliphatic heterocycles. The van der Waals surface area contributed by atoms with Crippen LogP contribution in [0.15, 0.2) is 25.3 Å². The van der Waals surface area contributed by atoms with Crippen LogP contribution in [0.3, 0.4) is 0 Å². The number of aliphatic hydroxyl groups is 1. The van der Waals surface area contributed by atoms with Crippen molar-refractivity contribution in [2.75, 3.05) is 6.61 Å². The smallest absolute Gasteiger partial charge is 0.168 e. The molecule has 1 rings (SSSR count). The number of ether oxygens (including phenoxy) is 1. The Bertz CT molecular complexity index is 497. The maximum absolute atomic E-state index is 12.0. The SMILES string of the molecule is C=CC(=O)C(C(=O)C=C)C(O)C(C#N)[Si](C)(C)C1CCCCO1. The number of allylic oxidation sites excluding steroid dienone is 2. The lowest BCUT2D eigenvalue weighted by atomic mass is 9.90. The molecule has 0 aromatic rings. The second kappa shape index (κ2) is 8.34. The van der Waals surface area contributed by atoms with Gasteiger partial charge in [-0.25, -0.2) is 0 Å². The van der Waals surface area contributed by atoms with Gasteiger partial charge in [0.2, 0.25) is 0 Å². The van der Waals surface area contributed by atoms with E-state index in [1.54, 1.807) is 0 Å². The molecule has 1 aliphatic rings. The van der Waals surface area contributed by atoms with E-state index in [4.69, 9.17) is 4.74 Å². The minimum absolute atomic E-state index is 0.0612. The molecule has 0 bridgehead atoms. The Labute approximate surface area is 138 Å². The van der Waals surface area contributed by atoms with Crippen molar-refractivity contribution in [1.29, 1.82) is 5.26 Å². The van der Waals surface area contributed by atoms with Crippen LogP contribution in [0.25, 0.3) is 0 Å². The van der Waals surface area contributed by atoms with Gasteiger partial charge in [0.15, 0.2) is 11.6 Å². The molecular formula is C17H25NO4Si. The van der Waals surface area contributed by atoms with Gasteiger partial charge in [-0.05, 0) is 31.4 Å². The lowest BCUT2D eigenvalue weighted by molar-refractivity contribution is -0.131. The fraction of sp³-hybridized carbons (Fsp3) is 0.588. The number of nitrogens with zero attached hydrogens (tertiary/aromatic N) is 1. The van der Waals surface area contributed by atoms with E-state index >= 15 is 0 Å². The molecule has 1 fully saturated rings. The highest BCUT2D eigenvalue weighted by atomic mass is 28.3. The Morgan fingerprint density at radius 2 is 1.87 bits per heavy atom. The van der Waals surface area contributed by atoms with Crippen LogP contribution < -0.4 is 0 Å². The Kier molecular flexibility index (Phi) is 7.07. The second-order valence-corrected chi connectivity index (χ2v) is 11.4. The van der Waals surface area contributed by atoms with Gasteiger partial charge in [0.25, 0.3) is 0 Å². The zero-order chi connectivity index (χ0) is 17.6. The van der Waals surface area contributed by atoms with Gasteiger partial charge in [-0.1, -0.05) is 26.3 Å². The lowest BCUT2D eigenvalue weighted by Crippen LogP contribution is -2.54. The standard InChI is InChI=1S/C17H25NO4Si/c1-5-12(19)16(13(20)6-2)17(21)14(11-18)23(3,4)15-9-7-8-10-22-15/h5-6,14-17,21H,1-2,7-10H2,3-4H3. The first-order valence-corrected chi connectivity index (χ1v) is 11.0. The number of carbonyl (C=O) groups is 2. The zero-order valence-corrected chi connectivity index (χ0v) is 14.8. The Morgan fingerprint density at radius 3 is 2.26 bits per heavy atom. The third-order valence-electron chi connectivity index (χ3n) is 4.65. The quantitative estimate of drug-likeness (QED) is 0.417. The number of hydrogen-bond acceptors (Lipinski definition) is 5. The molecule has 6 heteroatoms. The highest BCUT2D eigenvalue weighted by Gasteiger charge is 2.48. The highest BCUT2D eigenvalue weighted by Crippen LogP contribution is 2.36. The largest absolute Gasteiger partial charge is 0.391 e. The van der Waals surface area contributed by atoms with Crippen LogP contribution in [-0.4, -0.2) is 43.2 Å². The molecule has 3 atom stereocenters. The molecule has 3 unspecified atom stereocenters. The summed E-state index contributed by atoms with van der Waals surface area (Å²) in [7, 11) is -2.38. The maximum atomic E-state index is 12.0. The molecule has 23 heavy (non-hydrogen) atoms. The minimum atomic E-state index is -2.38. The molecule has 0 spiro atoms. The van der Waals surface area contributed by atoms with Gasteiger partial charge in [0, 0.05) is 12.3 Å². The Morgan fingerprint density at radius 1 is 1.30 bits per heavy atom. The molecule has 1 saturated heterocycles. The average molecular weight is 335 g/mol. The van der Waals surface area contributed by atoms with E-state index in [1.165, 1.54) is 0 Å². The topological polar surface area (TPSA) is 87.4 Å². The summed E-state index contributed by atoms with van der Waals surface area (Å²) in [6.45, 7) is 11.3. The molecule has 126 valence electrons. The third-order valence-corrected chi connectivity index (χ3v) is 8.84. The molecule has 0 saturated carbocycles. The van der Waals surface area contributed by atoms with Crippen molar-refractivity contribution in [1.82, 2.24) is 0 Å². The fourth-order valence-electron chi connectivity index (χ4n) is 3.13. The average Bonchev–Trinajstić information content (AvgIpc) is 2.55. The van der Waals surface area contributed by atoms with E-state index in [1.807, 2.05) is 13.1 Å². The summed E-state index contributed by atoms with van der Waals surface area (Å²) in [6, 6.07) is 2.14. The lowest BCUT2D eigenvalue weighted by Gasteiger charge is -2.40. The molecule has 0 radical (unpaired) electrons. The summed E-state index contributed by atoms with van der Waals surface area (Å²) < 4.78 is 5.82. The van der Waals surface area contributed by atoms with Gasteiger partial charge in [0.05, 0.1) is 17.7 Å². The van der Waals surface area contributed by atoms with Gasteiger partial charge in [-0.15, -0.1) is 0 Å². The van der Waals surface area contributed by atoms with Crippen LogP contribution in [0, 0.1) is 17.2 Å². The van der Waals surface area contributed by atoms with Gasteiger partial charge in [-0.3, -0.25) is 9.59 Å². The van der Waals surface area contributed by atoms with Gasteiger partial charge in [0.1, 0.15) is 14.0 Å². The van der Waals surface area contributed by atoms with Crippen LogP contribution in [0.2, 0.25) is 18.6 Å². The first-order valence-electron chi connectivity index (χ1n) is 7.83. The van der Waals surface area contributed by atoms with Gasteiger partial charge in [-0.2, -0.15) is 5.26 Å². The predicted octanol–water partition coefficient (Wildman–Crippen LogP) is 2.18. The summed E-state index contributed by atoms with van der Waals surface area (Å²) in [6.07, 6.45) is 3.51. The molecule has 1 heterocycles. The number of carbonyl (C=O) groups excluding carboxylic acids is 2. The van der Waals surface area contributed by atoms with E-state index in [2.05, 4.69) is 19.2 Å². The molecular weight excluding hydrogens is 310 g/mol. The maximum Gasteiger partial charge on any atom is 0.168 e. The summed E-state index contributed by atoms with van der Waals surface area (Å²) in [5.41, 5.74) is -0.850. The van der Waals surface area contributed by atoms with Crippen molar-refractivity contribution in [3.05, 3.63) is 25.3 Å². The molecule has 0 aromatic carbocycles. The normalized spacial score (nSPS) is 21.1. The van der Waals surface area contributed by atoms with Crippen molar-refractivity contribution < 1.29 is 19.4 Å². The van der Waals surface area contributed by atoms with Crippen molar-refractivity contribution in [3.63, 3.8) is 0 Å². The van der Waals surface area contributed by atoms with E-state index in [0.29, 0.717) is 6.61 Å². The minimum Gasteiger partial charge on any atom is -0.391 e. The zero-order valence-electron chi connectivity index (χ0n) is 13.8. The number of nitriles is 1. The van der Waals surface area contributed by atoms with Crippen molar-refractivity contribution >= 4 is 19.6 Å². The number of ketones is 2. The van der Waals surface area contributed by atoms with Crippen molar-refractivity contribution in [3.8, 4) is 6.07 Å². The number of hydrogen-bond donors (Lipinski definition) is 1. The Hall–Kier alpha value is -1.55. The highest BCUT2D eigenvalue weighted by molar-refractivity contribution is 6.80. The van der Waals surface area contributed by atoms with Crippen molar-refractivity contribution in [2.24, 2.45) is 5.92 Å². The van der Waals surface area contributed by atoms with Crippen LogP contribution in [0.4, 0.5) is 0 Å². The Balaban J connectivity index is 3.12. The molecule has 0 aromatic heterocycles. The van der Waals surface area contributed by atoms with E-state index in [-0.39, 0.29) is 5.73 Å². The molecule has 5 nitrogen and oxygen atoms in total. The van der Waals surface area contributed by atoms with Gasteiger partial charge < -0.3 is 9.84 Å². The van der Waals surface area contributed by atoms with E-state index < -0.39 is 37.2 Å². The van der Waals surface area contributed by atoms with Crippen molar-refractivity contribution in [2.45, 2.75) is 49.7 Å².